The predicted molar refractivity (Wildman–Crippen MR) is 109 cm³/mol. The summed E-state index contributed by atoms with van der Waals surface area (Å²) in [7, 11) is -1.85. The summed E-state index contributed by atoms with van der Waals surface area (Å²) in [4.78, 5) is 16.3. The van der Waals surface area contributed by atoms with Gasteiger partial charge in [-0.05, 0) is 24.3 Å². The molecule has 1 amide bonds. The summed E-state index contributed by atoms with van der Waals surface area (Å²) in [6.07, 6.45) is 0. The molecule has 9 heteroatoms. The molecule has 0 unspecified atom stereocenters. The Hall–Kier alpha value is -2.16. The minimum atomic E-state index is -3.34. The Labute approximate surface area is 173 Å². The molecule has 2 aromatic carbocycles. The number of sulfone groups is 1. The van der Waals surface area contributed by atoms with E-state index in [4.69, 9.17) is 16.3 Å². The molecule has 2 atom stereocenters. The van der Waals surface area contributed by atoms with Crippen molar-refractivity contribution in [2.24, 2.45) is 0 Å². The van der Waals surface area contributed by atoms with Crippen molar-refractivity contribution in [2.75, 3.05) is 30.1 Å². The Morgan fingerprint density at radius 1 is 1.17 bits per heavy atom. The first-order valence-corrected chi connectivity index (χ1v) is 11.3. The van der Waals surface area contributed by atoms with Crippen LogP contribution in [0.3, 0.4) is 0 Å². The third kappa shape index (κ3) is 3.84. The highest BCUT2D eigenvalue weighted by molar-refractivity contribution is 7.91. The normalized spacial score (nSPS) is 23.8. The second-order valence-corrected chi connectivity index (χ2v) is 9.85. The zero-order valence-electron chi connectivity index (χ0n) is 15.7. The molecule has 0 bridgehead atoms. The molecule has 2 saturated heterocycles. The molecular weight excluding hydrogens is 419 g/mol. The number of ether oxygens (including phenoxy) is 1. The van der Waals surface area contributed by atoms with Crippen molar-refractivity contribution in [2.45, 2.75) is 18.6 Å². The Morgan fingerprint density at radius 2 is 1.90 bits per heavy atom. The molecule has 0 spiro atoms. The van der Waals surface area contributed by atoms with E-state index in [1.54, 1.807) is 41.3 Å². The van der Waals surface area contributed by atoms with E-state index in [1.807, 2.05) is 0 Å². The minimum Gasteiger partial charge on any atom is -0.495 e. The molecule has 0 aromatic heterocycles. The molecule has 0 saturated carbocycles. The van der Waals surface area contributed by atoms with Crippen molar-refractivity contribution in [3.63, 3.8) is 0 Å². The monoisotopic (exact) mass is 438 g/mol. The van der Waals surface area contributed by atoms with E-state index >= 15 is 0 Å². The first-order valence-electron chi connectivity index (χ1n) is 9.12. The number of anilines is 1. The van der Waals surface area contributed by atoms with Crippen LogP contribution >= 0.6 is 11.6 Å². The Balaban J connectivity index is 1.68. The highest BCUT2D eigenvalue weighted by Gasteiger charge is 2.49. The van der Waals surface area contributed by atoms with Crippen LogP contribution in [0.2, 0.25) is 5.02 Å². The van der Waals surface area contributed by atoms with E-state index in [0.29, 0.717) is 22.0 Å². The van der Waals surface area contributed by atoms with Crippen LogP contribution in [0.5, 0.6) is 5.75 Å². The molecule has 154 valence electrons. The van der Waals surface area contributed by atoms with Gasteiger partial charge in [-0.1, -0.05) is 29.8 Å². The van der Waals surface area contributed by atoms with Crippen molar-refractivity contribution in [3.05, 3.63) is 58.9 Å². The topological polar surface area (TPSA) is 66.9 Å². The molecule has 4 rings (SSSR count). The minimum absolute atomic E-state index is 0.00529. The first kappa shape index (κ1) is 20.1. The highest BCUT2D eigenvalue weighted by atomic mass is 35.5. The fourth-order valence-electron chi connectivity index (χ4n) is 4.12. The summed E-state index contributed by atoms with van der Waals surface area (Å²) >= 11 is 6.22. The summed E-state index contributed by atoms with van der Waals surface area (Å²) in [5, 5.41) is 0.337. The van der Waals surface area contributed by atoms with Crippen molar-refractivity contribution in [1.82, 2.24) is 4.90 Å². The standard InChI is InChI=1S/C20H20ClFN2O4S/c1-28-19-7-6-14(8-15(19)21)24-18-12-29(26,27)11-17(18)23(10-20(24)25)9-13-4-2-3-5-16(13)22/h2-8,17-18H,9-12H2,1H3/t17-,18+/m1/s1. The number of benzene rings is 2. The predicted octanol–water partition coefficient (Wildman–Crippen LogP) is 2.50. The van der Waals surface area contributed by atoms with Gasteiger partial charge in [-0.15, -0.1) is 0 Å². The van der Waals surface area contributed by atoms with Crippen LogP contribution in [-0.2, 0) is 21.2 Å². The van der Waals surface area contributed by atoms with Gasteiger partial charge in [0.1, 0.15) is 11.6 Å². The molecule has 2 aliphatic rings. The average Bonchev–Trinajstić information content (AvgIpc) is 2.98. The Morgan fingerprint density at radius 3 is 2.59 bits per heavy atom. The number of carbonyl (C=O) groups is 1. The van der Waals surface area contributed by atoms with E-state index in [1.165, 1.54) is 18.1 Å². The number of nitrogens with zero attached hydrogens (tertiary/aromatic N) is 2. The second kappa shape index (κ2) is 7.59. The van der Waals surface area contributed by atoms with E-state index < -0.39 is 21.9 Å². The van der Waals surface area contributed by atoms with Gasteiger partial charge in [0.25, 0.3) is 0 Å². The van der Waals surface area contributed by atoms with Crippen molar-refractivity contribution >= 4 is 33.0 Å². The van der Waals surface area contributed by atoms with Gasteiger partial charge < -0.3 is 9.64 Å². The van der Waals surface area contributed by atoms with E-state index in [9.17, 15) is 17.6 Å². The van der Waals surface area contributed by atoms with Gasteiger partial charge in [0.2, 0.25) is 5.91 Å². The molecule has 0 aliphatic carbocycles. The quantitative estimate of drug-likeness (QED) is 0.733. The first-order chi connectivity index (χ1) is 13.8. The molecule has 0 radical (unpaired) electrons. The lowest BCUT2D eigenvalue weighted by atomic mass is 10.0. The number of hydrogen-bond donors (Lipinski definition) is 0. The number of methoxy groups -OCH3 is 1. The van der Waals surface area contributed by atoms with Crippen LogP contribution in [0.4, 0.5) is 10.1 Å². The third-order valence-corrected chi connectivity index (χ3v) is 7.44. The van der Waals surface area contributed by atoms with Gasteiger partial charge >= 0.3 is 0 Å². The molecule has 0 N–H and O–H groups in total. The van der Waals surface area contributed by atoms with Crippen LogP contribution in [0.1, 0.15) is 5.56 Å². The number of piperazine rings is 1. The molecular formula is C20H20ClFN2O4S. The van der Waals surface area contributed by atoms with Crippen molar-refractivity contribution < 1.29 is 22.3 Å². The van der Waals surface area contributed by atoms with Crippen LogP contribution in [-0.4, -0.2) is 56.5 Å². The van der Waals surface area contributed by atoms with E-state index in [0.717, 1.165) is 0 Å². The fourth-order valence-corrected chi connectivity index (χ4v) is 6.35. The van der Waals surface area contributed by atoms with E-state index in [2.05, 4.69) is 0 Å². The highest BCUT2D eigenvalue weighted by Crippen LogP contribution is 2.36. The third-order valence-electron chi connectivity index (χ3n) is 5.45. The molecule has 29 heavy (non-hydrogen) atoms. The fraction of sp³-hybridized carbons (Fsp3) is 0.350. The lowest BCUT2D eigenvalue weighted by molar-refractivity contribution is -0.123. The Bertz CT molecular complexity index is 1060. The summed E-state index contributed by atoms with van der Waals surface area (Å²) in [5.41, 5.74) is 0.961. The van der Waals surface area contributed by atoms with Gasteiger partial charge in [-0.3, -0.25) is 9.69 Å². The smallest absolute Gasteiger partial charge is 0.241 e. The van der Waals surface area contributed by atoms with Crippen molar-refractivity contribution in [1.29, 1.82) is 0 Å². The second-order valence-electron chi connectivity index (χ2n) is 7.29. The molecule has 2 heterocycles. The lowest BCUT2D eigenvalue weighted by Crippen LogP contribution is -2.61. The van der Waals surface area contributed by atoms with Crippen LogP contribution in [0, 0.1) is 5.82 Å². The van der Waals surface area contributed by atoms with Crippen molar-refractivity contribution in [3.8, 4) is 5.75 Å². The van der Waals surface area contributed by atoms with Gasteiger partial charge in [0.05, 0.1) is 36.2 Å². The van der Waals surface area contributed by atoms with Gasteiger partial charge in [-0.25, -0.2) is 12.8 Å². The largest absolute Gasteiger partial charge is 0.495 e. The zero-order chi connectivity index (χ0) is 20.8. The SMILES string of the molecule is COc1ccc(N2C(=O)CN(Cc3ccccc3F)[C@@H]3CS(=O)(=O)C[C@@H]32)cc1Cl. The summed E-state index contributed by atoms with van der Waals surface area (Å²) < 4.78 is 44.1. The maximum absolute atomic E-state index is 14.1. The number of fused-ring (bicyclic) bond motifs is 1. The zero-order valence-corrected chi connectivity index (χ0v) is 17.3. The van der Waals surface area contributed by atoms with Crippen LogP contribution < -0.4 is 9.64 Å². The maximum atomic E-state index is 14.1. The van der Waals surface area contributed by atoms with Gasteiger partial charge in [-0.2, -0.15) is 0 Å². The maximum Gasteiger partial charge on any atom is 0.241 e. The summed E-state index contributed by atoms with van der Waals surface area (Å²) in [6, 6.07) is 10.3. The number of halogens is 2. The Kier molecular flexibility index (Phi) is 5.27. The molecule has 2 fully saturated rings. The lowest BCUT2D eigenvalue weighted by Gasteiger charge is -2.43. The number of amides is 1. The molecule has 2 aromatic rings. The summed E-state index contributed by atoms with van der Waals surface area (Å²) in [6.45, 7) is 0.168. The van der Waals surface area contributed by atoms with Crippen LogP contribution in [0.25, 0.3) is 0 Å². The van der Waals surface area contributed by atoms with E-state index in [-0.39, 0.29) is 36.3 Å². The average molecular weight is 439 g/mol. The molecule has 2 aliphatic heterocycles. The molecule has 6 nitrogen and oxygen atoms in total. The summed E-state index contributed by atoms with van der Waals surface area (Å²) in [5.74, 6) is -0.361. The van der Waals surface area contributed by atoms with Gasteiger partial charge in [0, 0.05) is 23.8 Å². The number of rotatable bonds is 4. The number of carbonyl (C=O) groups excluding carboxylic acids is 1. The number of hydrogen-bond acceptors (Lipinski definition) is 5. The van der Waals surface area contributed by atoms with Crippen LogP contribution in [0.15, 0.2) is 42.5 Å². The van der Waals surface area contributed by atoms with Gasteiger partial charge in [0.15, 0.2) is 9.84 Å².